The van der Waals surface area contributed by atoms with E-state index in [-0.39, 0.29) is 37.6 Å². The van der Waals surface area contributed by atoms with Crippen LogP contribution in [0.1, 0.15) is 40.7 Å². The van der Waals surface area contributed by atoms with Crippen molar-refractivity contribution in [3.63, 3.8) is 0 Å². The number of hydrogen-bond acceptors (Lipinski definition) is 22. The molecule has 0 heterocycles. The fraction of sp³-hybridized carbons (Fsp3) is 0.200. The van der Waals surface area contributed by atoms with Crippen molar-refractivity contribution in [2.75, 3.05) is 30.0 Å². The van der Waals surface area contributed by atoms with Gasteiger partial charge in [-0.25, -0.2) is 0 Å². The first-order chi connectivity index (χ1) is 39.3. The number of aromatic hydroxyl groups is 1. The van der Waals surface area contributed by atoms with Gasteiger partial charge >= 0.3 is 21.2 Å². The molecule has 0 saturated carbocycles. The summed E-state index contributed by atoms with van der Waals surface area (Å²) in [6, 6.07) is 40.9. The Bertz CT molecular complexity index is 4260. The first kappa shape index (κ1) is 63.1. The molecule has 0 bridgehead atoms. The van der Waals surface area contributed by atoms with Crippen molar-refractivity contribution in [1.29, 1.82) is 0 Å². The summed E-state index contributed by atoms with van der Waals surface area (Å²) < 4.78 is 126. The third-order valence-electron chi connectivity index (χ3n) is 11.8. The minimum absolute atomic E-state index is 0.0133. The number of nitrogens with one attached hydrogen (secondary N) is 1. The maximum atomic E-state index is 11.4. The molecule has 0 atom stereocenters. The molecule has 0 amide bonds. The van der Waals surface area contributed by atoms with E-state index in [1.54, 1.807) is 36.4 Å². The lowest BCUT2D eigenvalue weighted by Crippen LogP contribution is -2.08. The smallest absolute Gasteiger partial charge is 0.425 e. The van der Waals surface area contributed by atoms with E-state index in [1.807, 2.05) is 132 Å². The van der Waals surface area contributed by atoms with Crippen LogP contribution in [0.5, 0.6) is 17.2 Å². The summed E-state index contributed by atoms with van der Waals surface area (Å²) in [7, 11) is -14.5. The van der Waals surface area contributed by atoms with Crippen LogP contribution in [0.4, 0.5) is 56.9 Å². The van der Waals surface area contributed by atoms with E-state index in [0.29, 0.717) is 62.2 Å². The number of hydrogen-bond donors (Lipinski definition) is 4. The molecule has 0 aliphatic rings. The van der Waals surface area contributed by atoms with Gasteiger partial charge in [0, 0.05) is 28.2 Å². The van der Waals surface area contributed by atoms with Gasteiger partial charge in [-0.1, -0.05) is 36.4 Å². The second-order valence-corrected chi connectivity index (χ2v) is 22.1. The normalized spacial score (nSPS) is 11.7. The summed E-state index contributed by atoms with van der Waals surface area (Å²) in [6.07, 6.45) is 0.140. The lowest BCUT2D eigenvalue weighted by Gasteiger charge is -2.11. The number of phenols is 1. The van der Waals surface area contributed by atoms with E-state index in [0.717, 1.165) is 49.8 Å². The standard InChI is InChI=1S/C55H53N9O9S2.2O3S/c1-34-27-48(35(2)26-47(34)60-58-46-21-16-40-31-42(17-20-45(40)55(46)65)56-41-13-7-6-8-14-41)61-62-49-28-37(4)50(29-36(49)3)63-64-52-30-38(5)51(33-54(52)73-23-11-25-75(69,70)71)59-57-43-18-19-44-39(32-43)12-9-15-53(44)72-22-10-24-74(66,67)68;2*1-4(2)3/h6-9,12-21,26-33,56,65H,10-11,22-25H2,1-5H3,(H,66,67,68)(H,69,70,71);;. The molecule has 8 rings (SSSR count). The number of para-hydroxylation sites is 1. The molecule has 8 aromatic carbocycles. The van der Waals surface area contributed by atoms with Crippen LogP contribution in [-0.4, -0.2) is 81.0 Å². The zero-order valence-electron chi connectivity index (χ0n) is 44.9. The van der Waals surface area contributed by atoms with E-state index >= 15 is 0 Å². The molecule has 0 aromatic heterocycles. The van der Waals surface area contributed by atoms with Crippen LogP contribution in [0.15, 0.2) is 174 Å². The first-order valence-electron chi connectivity index (χ1n) is 24.7. The van der Waals surface area contributed by atoms with Crippen LogP contribution in [0.25, 0.3) is 21.5 Å². The Hall–Kier alpha value is -9.06. The Balaban J connectivity index is 0.00000130. The fourth-order valence-corrected chi connectivity index (χ4v) is 8.79. The van der Waals surface area contributed by atoms with Crippen molar-refractivity contribution in [3.05, 3.63) is 161 Å². The van der Waals surface area contributed by atoms with E-state index in [1.165, 1.54) is 0 Å². The van der Waals surface area contributed by atoms with Crippen LogP contribution in [0, 0.1) is 34.6 Å². The quantitative estimate of drug-likeness (QED) is 0.0313. The number of benzene rings is 8. The predicted octanol–water partition coefficient (Wildman–Crippen LogP) is 14.0. The van der Waals surface area contributed by atoms with Gasteiger partial charge in [0.05, 0.1) is 58.8 Å². The number of phenolic OH excluding ortho intramolecular Hbond substituents is 1. The number of nitrogens with zero attached hydrogens (tertiary/aromatic N) is 8. The molecule has 432 valence electrons. The number of fused-ring (bicyclic) bond motifs is 2. The van der Waals surface area contributed by atoms with Gasteiger partial charge in [-0.05, 0) is 177 Å². The largest absolute Gasteiger partial charge is 0.505 e. The Morgan fingerprint density at radius 2 is 0.855 bits per heavy atom. The summed E-state index contributed by atoms with van der Waals surface area (Å²) >= 11 is 0. The average Bonchev–Trinajstić information content (AvgIpc) is 3.57. The summed E-state index contributed by atoms with van der Waals surface area (Å²) in [5.74, 6) is -0.0432. The van der Waals surface area contributed by atoms with E-state index in [4.69, 9.17) is 39.3 Å². The summed E-state index contributed by atoms with van der Waals surface area (Å²) in [5, 5.41) is 53.8. The topological polar surface area (TPSA) is 361 Å². The molecule has 0 saturated heterocycles. The Morgan fingerprint density at radius 1 is 0.422 bits per heavy atom. The Kier molecular flexibility index (Phi) is 22.1. The van der Waals surface area contributed by atoms with E-state index in [2.05, 4.69) is 46.2 Å². The summed E-state index contributed by atoms with van der Waals surface area (Å²) in [4.78, 5) is 0. The van der Waals surface area contributed by atoms with Gasteiger partial charge in [0.15, 0.2) is 5.75 Å². The van der Waals surface area contributed by atoms with Gasteiger partial charge < -0.3 is 19.9 Å². The maximum Gasteiger partial charge on any atom is 0.425 e. The zero-order valence-corrected chi connectivity index (χ0v) is 48.2. The number of anilines is 2. The van der Waals surface area contributed by atoms with E-state index < -0.39 is 53.0 Å². The van der Waals surface area contributed by atoms with Gasteiger partial charge in [0.25, 0.3) is 20.2 Å². The van der Waals surface area contributed by atoms with Crippen molar-refractivity contribution in [3.8, 4) is 17.2 Å². The fourth-order valence-electron chi connectivity index (χ4n) is 7.83. The van der Waals surface area contributed by atoms with Gasteiger partial charge in [0.2, 0.25) is 0 Å². The second kappa shape index (κ2) is 29.1. The Morgan fingerprint density at radius 3 is 1.37 bits per heavy atom. The van der Waals surface area contributed by atoms with Crippen molar-refractivity contribution >= 4 is 120 Å². The number of rotatable bonds is 20. The van der Waals surface area contributed by atoms with Gasteiger partial charge in [-0.3, -0.25) is 9.11 Å². The molecule has 0 fully saturated rings. The molecule has 0 radical (unpaired) electrons. The zero-order chi connectivity index (χ0) is 60.4. The third-order valence-corrected chi connectivity index (χ3v) is 13.5. The van der Waals surface area contributed by atoms with Gasteiger partial charge in [-0.2, -0.15) is 47.5 Å². The summed E-state index contributed by atoms with van der Waals surface area (Å²) in [5.41, 5.74) is 9.90. The van der Waals surface area contributed by atoms with Crippen molar-refractivity contribution in [2.45, 2.75) is 47.5 Å². The average molecular weight is 1210 g/mol. The highest BCUT2D eigenvalue weighted by molar-refractivity contribution is 7.86. The monoisotopic (exact) mass is 1210 g/mol. The molecule has 0 aliphatic heterocycles. The van der Waals surface area contributed by atoms with Crippen LogP contribution < -0.4 is 14.8 Å². The van der Waals surface area contributed by atoms with Crippen molar-refractivity contribution in [1.82, 2.24) is 0 Å². The first-order valence-corrected chi connectivity index (χ1v) is 29.9. The molecule has 0 spiro atoms. The predicted molar refractivity (Wildman–Crippen MR) is 311 cm³/mol. The molecule has 4 N–H and O–H groups in total. The molecule has 28 heteroatoms. The summed E-state index contributed by atoms with van der Waals surface area (Å²) in [6.45, 7) is 9.47. The number of ether oxygens (including phenoxy) is 2. The minimum Gasteiger partial charge on any atom is -0.505 e. The molecule has 83 heavy (non-hydrogen) atoms. The van der Waals surface area contributed by atoms with Gasteiger partial charge in [-0.15, -0.1) is 35.5 Å². The molecule has 8 aromatic rings. The lowest BCUT2D eigenvalue weighted by molar-refractivity contribution is 0.317. The van der Waals surface area contributed by atoms with Crippen LogP contribution >= 0.6 is 0 Å². The number of azo groups is 4. The molecule has 0 unspecified atom stereocenters. The highest BCUT2D eigenvalue weighted by Gasteiger charge is 2.14. The highest BCUT2D eigenvalue weighted by atomic mass is 32.2. The van der Waals surface area contributed by atoms with E-state index in [9.17, 15) is 26.5 Å². The maximum absolute atomic E-state index is 11.4. The SMILES string of the molecule is Cc1cc(N=Nc2cc(C)c(N=Nc3cc(C)c(N=Nc4ccc5cc(Nc6ccccc6)ccc5c4O)cc3C)cc2C)c(OCCCS(=O)(=O)O)cc1N=Nc1ccc2c(OCCCS(=O)(=O)O)cccc2c1.O=S(=O)=O.O=S(=O)=O. The second-order valence-electron chi connectivity index (χ2n) is 18.2. The molecule has 0 aliphatic carbocycles. The van der Waals surface area contributed by atoms with Crippen LogP contribution in [-0.2, 0) is 41.5 Å². The minimum atomic E-state index is -4.21. The molecule has 24 nitrogen and oxygen atoms in total. The van der Waals surface area contributed by atoms with Crippen LogP contribution in [0.3, 0.4) is 0 Å². The van der Waals surface area contributed by atoms with Crippen molar-refractivity contribution in [2.24, 2.45) is 40.9 Å². The van der Waals surface area contributed by atoms with Crippen LogP contribution in [0.2, 0.25) is 0 Å². The molecular formula is C55H53N9O15S4. The lowest BCUT2D eigenvalue weighted by atomic mass is 10.1. The van der Waals surface area contributed by atoms with Crippen molar-refractivity contribution < 1.29 is 65.8 Å². The molecular weight excluding hydrogens is 1150 g/mol. The van der Waals surface area contributed by atoms with Gasteiger partial charge in [0.1, 0.15) is 22.9 Å². The third kappa shape index (κ3) is 19.9. The Labute approximate surface area is 480 Å². The number of aryl methyl sites for hydroxylation is 5. The highest BCUT2D eigenvalue weighted by Crippen LogP contribution is 2.41.